The predicted octanol–water partition coefficient (Wildman–Crippen LogP) is 0.391. The van der Waals surface area contributed by atoms with E-state index in [0.717, 1.165) is 27.7 Å². The molecule has 0 fully saturated rings. The summed E-state index contributed by atoms with van der Waals surface area (Å²) in [6, 6.07) is 8.04. The molecular formula is C18H29ClN2O2. The molecule has 0 unspecified atom stereocenters. The molecule has 0 saturated heterocycles. The zero-order valence-electron chi connectivity index (χ0n) is 15.1. The molecule has 0 atom stereocenters. The van der Waals surface area contributed by atoms with Gasteiger partial charge in [-0.05, 0) is 38.0 Å². The van der Waals surface area contributed by atoms with Gasteiger partial charge in [-0.25, -0.2) is 4.79 Å². The van der Waals surface area contributed by atoms with Crippen LogP contribution in [0.25, 0.3) is 5.57 Å². The molecule has 0 spiro atoms. The molecule has 5 heteroatoms. The van der Waals surface area contributed by atoms with Gasteiger partial charge in [0.2, 0.25) is 0 Å². The Labute approximate surface area is 146 Å². The smallest absolute Gasteiger partial charge is 0.408 e. The third-order valence-electron chi connectivity index (χ3n) is 3.49. The Morgan fingerprint density at radius 2 is 1.91 bits per heavy atom. The van der Waals surface area contributed by atoms with Crippen molar-refractivity contribution in [2.75, 3.05) is 34.3 Å². The highest BCUT2D eigenvalue weighted by atomic mass is 35.5. The lowest BCUT2D eigenvalue weighted by Gasteiger charge is -2.28. The van der Waals surface area contributed by atoms with Crippen molar-refractivity contribution in [3.8, 4) is 0 Å². The highest BCUT2D eigenvalue weighted by molar-refractivity contribution is 5.69. The van der Waals surface area contributed by atoms with Gasteiger partial charge < -0.3 is 26.9 Å². The lowest BCUT2D eigenvalue weighted by atomic mass is 9.92. The van der Waals surface area contributed by atoms with E-state index in [4.69, 9.17) is 4.74 Å². The molecule has 1 aromatic carbocycles. The lowest BCUT2D eigenvalue weighted by molar-refractivity contribution is -0.870. The van der Waals surface area contributed by atoms with E-state index in [1.807, 2.05) is 39.0 Å². The van der Waals surface area contributed by atoms with Crippen LogP contribution in [-0.4, -0.2) is 44.9 Å². The zero-order chi connectivity index (χ0) is 17.0. The number of ether oxygens (including phenoxy) is 1. The largest absolute Gasteiger partial charge is 1.00 e. The van der Waals surface area contributed by atoms with Gasteiger partial charge in [0.05, 0.1) is 26.7 Å². The van der Waals surface area contributed by atoms with Gasteiger partial charge in [0.25, 0.3) is 0 Å². The Hall–Kier alpha value is -1.52. The molecule has 0 heterocycles. The highest BCUT2D eigenvalue weighted by Crippen LogP contribution is 2.23. The molecule has 0 saturated carbocycles. The number of nitrogens with zero attached hydrogens (tertiary/aromatic N) is 1. The first-order valence-corrected chi connectivity index (χ1v) is 7.53. The summed E-state index contributed by atoms with van der Waals surface area (Å²) in [6.07, 6.45) is -0.390. The van der Waals surface area contributed by atoms with Crippen LogP contribution < -0.4 is 17.7 Å². The fourth-order valence-electron chi connectivity index (χ4n) is 1.95. The second kappa shape index (κ2) is 8.37. The summed E-state index contributed by atoms with van der Waals surface area (Å²) in [7, 11) is 6.19. The summed E-state index contributed by atoms with van der Waals surface area (Å²) >= 11 is 0. The molecule has 130 valence electrons. The van der Waals surface area contributed by atoms with E-state index in [2.05, 4.69) is 39.1 Å². The minimum Gasteiger partial charge on any atom is -1.00 e. The van der Waals surface area contributed by atoms with Crippen molar-refractivity contribution in [3.63, 3.8) is 0 Å². The summed E-state index contributed by atoms with van der Waals surface area (Å²) in [5.74, 6) is 0. The molecule has 0 aliphatic heterocycles. The van der Waals surface area contributed by atoms with Gasteiger partial charge in [0.15, 0.2) is 0 Å². The number of hydrogen-bond donors (Lipinski definition) is 1. The minimum absolute atomic E-state index is 0. The molecule has 0 aliphatic rings. The van der Waals surface area contributed by atoms with Crippen molar-refractivity contribution in [2.45, 2.75) is 26.3 Å². The van der Waals surface area contributed by atoms with Gasteiger partial charge in [-0.15, -0.1) is 0 Å². The molecule has 0 bridgehead atoms. The van der Waals surface area contributed by atoms with E-state index < -0.39 is 5.54 Å². The first-order valence-electron chi connectivity index (χ1n) is 7.53. The standard InChI is InChI=1S/C18H28N2O2.ClH/c1-14(2)15-9-8-10-16(13-15)18(3,4)19-17(21)22-12-11-20(5,6)7;/h8-10,13H,1,11-12H2,2-7H3;1H. The third-order valence-corrected chi connectivity index (χ3v) is 3.49. The lowest BCUT2D eigenvalue weighted by Crippen LogP contribution is -3.00. The van der Waals surface area contributed by atoms with E-state index in [1.165, 1.54) is 0 Å². The van der Waals surface area contributed by atoms with E-state index in [1.54, 1.807) is 0 Å². The Bertz CT molecular complexity index is 548. The van der Waals surface area contributed by atoms with E-state index >= 15 is 0 Å². The van der Waals surface area contributed by atoms with Crippen molar-refractivity contribution in [1.29, 1.82) is 0 Å². The van der Waals surface area contributed by atoms with E-state index in [0.29, 0.717) is 6.61 Å². The summed E-state index contributed by atoms with van der Waals surface area (Å²) < 4.78 is 6.03. The molecule has 4 nitrogen and oxygen atoms in total. The number of carbonyl (C=O) groups excluding carboxylic acids is 1. The first kappa shape index (κ1) is 21.5. The average molecular weight is 341 g/mol. The van der Waals surface area contributed by atoms with Crippen LogP contribution in [0.2, 0.25) is 0 Å². The molecule has 0 aliphatic carbocycles. The molecular weight excluding hydrogens is 312 g/mol. The second-order valence-corrected chi connectivity index (χ2v) is 7.26. The predicted molar refractivity (Wildman–Crippen MR) is 91.6 cm³/mol. The summed E-state index contributed by atoms with van der Waals surface area (Å²) in [5.41, 5.74) is 2.60. The molecule has 23 heavy (non-hydrogen) atoms. The summed E-state index contributed by atoms with van der Waals surface area (Å²) in [5, 5.41) is 2.93. The number of benzene rings is 1. The van der Waals surface area contributed by atoms with Crippen LogP contribution in [0.5, 0.6) is 0 Å². The van der Waals surface area contributed by atoms with Crippen LogP contribution in [-0.2, 0) is 10.3 Å². The number of nitrogens with one attached hydrogen (secondary N) is 1. The van der Waals surface area contributed by atoms with Gasteiger partial charge in [0.1, 0.15) is 13.2 Å². The Kier molecular flexibility index (Phi) is 7.81. The number of carbonyl (C=O) groups is 1. The third kappa shape index (κ3) is 7.53. The molecule has 1 aromatic rings. The fraction of sp³-hybridized carbons (Fsp3) is 0.500. The van der Waals surface area contributed by atoms with Gasteiger partial charge in [0, 0.05) is 0 Å². The van der Waals surface area contributed by atoms with Crippen LogP contribution in [0.3, 0.4) is 0 Å². The number of hydrogen-bond acceptors (Lipinski definition) is 2. The Morgan fingerprint density at radius 1 is 1.30 bits per heavy atom. The molecule has 1 amide bonds. The maximum atomic E-state index is 12.0. The average Bonchev–Trinajstić information content (AvgIpc) is 2.36. The Morgan fingerprint density at radius 3 is 2.43 bits per heavy atom. The molecule has 1 N–H and O–H groups in total. The van der Waals surface area contributed by atoms with Crippen molar-refractivity contribution in [1.82, 2.24) is 5.32 Å². The maximum absolute atomic E-state index is 12.0. The maximum Gasteiger partial charge on any atom is 0.408 e. The SMILES string of the molecule is C=C(C)c1cccc(C(C)(C)NC(=O)OCC[N+](C)(C)C)c1.[Cl-]. The van der Waals surface area contributed by atoms with Crippen LogP contribution in [0.1, 0.15) is 31.9 Å². The monoisotopic (exact) mass is 340 g/mol. The first-order chi connectivity index (χ1) is 10.0. The van der Waals surface area contributed by atoms with Crippen molar-refractivity contribution < 1.29 is 26.4 Å². The van der Waals surface area contributed by atoms with Crippen LogP contribution in [0.15, 0.2) is 30.8 Å². The van der Waals surface area contributed by atoms with Crippen LogP contribution >= 0.6 is 0 Å². The van der Waals surface area contributed by atoms with Crippen molar-refractivity contribution in [2.24, 2.45) is 0 Å². The summed E-state index contributed by atoms with van der Waals surface area (Å²) in [4.78, 5) is 12.0. The van der Waals surface area contributed by atoms with Gasteiger partial charge >= 0.3 is 6.09 Å². The number of likely N-dealkylation sites (N-methyl/N-ethyl adjacent to an activating group) is 1. The topological polar surface area (TPSA) is 38.3 Å². The highest BCUT2D eigenvalue weighted by Gasteiger charge is 2.24. The molecule has 0 aromatic heterocycles. The number of quaternary nitrogens is 1. The van der Waals surface area contributed by atoms with E-state index in [-0.39, 0.29) is 18.5 Å². The number of rotatable bonds is 6. The number of amides is 1. The van der Waals surface area contributed by atoms with Crippen molar-refractivity contribution in [3.05, 3.63) is 42.0 Å². The fourth-order valence-corrected chi connectivity index (χ4v) is 1.95. The molecule has 1 rings (SSSR count). The van der Waals surface area contributed by atoms with Crippen LogP contribution in [0, 0.1) is 0 Å². The minimum atomic E-state index is -0.501. The quantitative estimate of drug-likeness (QED) is 0.761. The van der Waals surface area contributed by atoms with Gasteiger partial charge in [-0.2, -0.15) is 0 Å². The van der Waals surface area contributed by atoms with Gasteiger partial charge in [-0.1, -0.05) is 30.4 Å². The second-order valence-electron chi connectivity index (χ2n) is 7.26. The van der Waals surface area contributed by atoms with Crippen molar-refractivity contribution >= 4 is 11.7 Å². The number of allylic oxidation sites excluding steroid dienone is 1. The van der Waals surface area contributed by atoms with E-state index in [9.17, 15) is 4.79 Å². The van der Waals surface area contributed by atoms with Gasteiger partial charge in [-0.3, -0.25) is 0 Å². The number of alkyl carbamates (subject to hydrolysis) is 1. The normalized spacial score (nSPS) is 11.4. The van der Waals surface area contributed by atoms with Crippen LogP contribution in [0.4, 0.5) is 4.79 Å². The number of halogens is 1. The Balaban J connectivity index is 0.00000484. The zero-order valence-corrected chi connectivity index (χ0v) is 15.8. The molecule has 0 radical (unpaired) electrons. The summed E-state index contributed by atoms with van der Waals surface area (Å²) in [6.45, 7) is 11.0.